The van der Waals surface area contributed by atoms with Crippen LogP contribution < -0.4 is 5.73 Å². The second kappa shape index (κ2) is 3.42. The van der Waals surface area contributed by atoms with Gasteiger partial charge in [-0.2, -0.15) is 5.26 Å². The molecule has 0 spiro atoms. The van der Waals surface area contributed by atoms with Crippen LogP contribution in [0.15, 0.2) is 16.5 Å². The maximum atomic E-state index is 8.49. The summed E-state index contributed by atoms with van der Waals surface area (Å²) in [6.45, 7) is 4.03. The Morgan fingerprint density at radius 3 is 2.58 bits per heavy atom. The highest BCUT2D eigenvalue weighted by molar-refractivity contribution is 5.20. The fourth-order valence-electron chi connectivity index (χ4n) is 0.921. The normalized spacial score (nSPS) is 12.9. The zero-order valence-corrected chi connectivity index (χ0v) is 7.24. The molecule has 0 amide bonds. The number of nitriles is 1. The van der Waals surface area contributed by atoms with Crippen molar-refractivity contribution < 1.29 is 4.42 Å². The Morgan fingerprint density at radius 1 is 1.50 bits per heavy atom. The second-order valence-electron chi connectivity index (χ2n) is 3.08. The molecule has 1 rings (SSSR count). The van der Waals surface area contributed by atoms with Gasteiger partial charge in [0.15, 0.2) is 0 Å². The van der Waals surface area contributed by atoms with Crippen LogP contribution >= 0.6 is 0 Å². The number of hydrogen-bond donors (Lipinski definition) is 1. The first-order valence-corrected chi connectivity index (χ1v) is 3.90. The van der Waals surface area contributed by atoms with Crippen LogP contribution in [0.2, 0.25) is 0 Å². The standard InChI is InChI=1S/C9H12N2O/c1-6(2)9(11)8-4-3-7(5-10)12-8/h3-4,6,9H,11H2,1-2H3/t9-/m0/s1. The highest BCUT2D eigenvalue weighted by Crippen LogP contribution is 2.20. The van der Waals surface area contributed by atoms with E-state index in [2.05, 4.69) is 0 Å². The van der Waals surface area contributed by atoms with Crippen molar-refractivity contribution in [3.05, 3.63) is 23.7 Å². The molecule has 0 radical (unpaired) electrons. The summed E-state index contributed by atoms with van der Waals surface area (Å²) < 4.78 is 5.17. The zero-order valence-electron chi connectivity index (χ0n) is 7.24. The van der Waals surface area contributed by atoms with Gasteiger partial charge in [-0.05, 0) is 18.1 Å². The number of rotatable bonds is 2. The van der Waals surface area contributed by atoms with Gasteiger partial charge >= 0.3 is 0 Å². The minimum atomic E-state index is -0.118. The lowest BCUT2D eigenvalue weighted by Gasteiger charge is -2.11. The molecule has 1 aromatic rings. The first-order chi connectivity index (χ1) is 5.65. The van der Waals surface area contributed by atoms with Crippen LogP contribution in [0.5, 0.6) is 0 Å². The van der Waals surface area contributed by atoms with E-state index in [-0.39, 0.29) is 6.04 Å². The first-order valence-electron chi connectivity index (χ1n) is 3.90. The molecule has 0 unspecified atom stereocenters. The number of hydrogen-bond acceptors (Lipinski definition) is 3. The van der Waals surface area contributed by atoms with E-state index in [1.54, 1.807) is 12.1 Å². The van der Waals surface area contributed by atoms with E-state index in [1.807, 2.05) is 19.9 Å². The molecule has 1 atom stereocenters. The van der Waals surface area contributed by atoms with Crippen molar-refractivity contribution in [3.63, 3.8) is 0 Å². The van der Waals surface area contributed by atoms with Crippen molar-refractivity contribution in [1.82, 2.24) is 0 Å². The molecule has 0 aliphatic rings. The molecule has 12 heavy (non-hydrogen) atoms. The molecule has 0 fully saturated rings. The predicted octanol–water partition coefficient (Wildman–Crippen LogP) is 1.81. The maximum absolute atomic E-state index is 8.49. The quantitative estimate of drug-likeness (QED) is 0.725. The van der Waals surface area contributed by atoms with Gasteiger partial charge in [0.1, 0.15) is 11.8 Å². The maximum Gasteiger partial charge on any atom is 0.203 e. The van der Waals surface area contributed by atoms with Gasteiger partial charge < -0.3 is 10.2 Å². The van der Waals surface area contributed by atoms with Gasteiger partial charge in [0.25, 0.3) is 0 Å². The molecule has 0 saturated carbocycles. The topological polar surface area (TPSA) is 63.0 Å². The molecule has 3 heteroatoms. The molecule has 1 aromatic heterocycles. The van der Waals surface area contributed by atoms with Gasteiger partial charge in [-0.3, -0.25) is 0 Å². The Balaban J connectivity index is 2.83. The molecule has 0 aromatic carbocycles. The highest BCUT2D eigenvalue weighted by atomic mass is 16.3. The summed E-state index contributed by atoms with van der Waals surface area (Å²) in [6.07, 6.45) is 0. The molecule has 3 nitrogen and oxygen atoms in total. The van der Waals surface area contributed by atoms with Crippen LogP contribution in [0, 0.1) is 17.2 Å². The van der Waals surface area contributed by atoms with Crippen LogP contribution in [0.3, 0.4) is 0 Å². The Kier molecular flexibility index (Phi) is 2.51. The summed E-state index contributed by atoms with van der Waals surface area (Å²) in [5.74, 6) is 1.32. The number of nitrogens with two attached hydrogens (primary N) is 1. The molecular formula is C9H12N2O. The minimum absolute atomic E-state index is 0.118. The van der Waals surface area contributed by atoms with Crippen molar-refractivity contribution in [2.45, 2.75) is 19.9 Å². The SMILES string of the molecule is CC(C)[C@H](N)c1ccc(C#N)o1. The van der Waals surface area contributed by atoms with E-state index in [0.29, 0.717) is 17.4 Å². The molecule has 2 N–H and O–H groups in total. The largest absolute Gasteiger partial charge is 0.449 e. The van der Waals surface area contributed by atoms with E-state index >= 15 is 0 Å². The Labute approximate surface area is 71.8 Å². The summed E-state index contributed by atoms with van der Waals surface area (Å²) in [4.78, 5) is 0. The van der Waals surface area contributed by atoms with Gasteiger partial charge in [-0.25, -0.2) is 0 Å². The van der Waals surface area contributed by atoms with Crippen molar-refractivity contribution in [1.29, 1.82) is 5.26 Å². The molecule has 0 saturated heterocycles. The van der Waals surface area contributed by atoms with Crippen LogP contribution in [0.1, 0.15) is 31.4 Å². The van der Waals surface area contributed by atoms with Crippen LogP contribution in [-0.2, 0) is 0 Å². The first kappa shape index (κ1) is 8.82. The molecule has 0 aliphatic carbocycles. The van der Waals surface area contributed by atoms with Gasteiger partial charge in [0, 0.05) is 0 Å². The van der Waals surface area contributed by atoms with Crippen molar-refractivity contribution >= 4 is 0 Å². The van der Waals surface area contributed by atoms with E-state index in [1.165, 1.54) is 0 Å². The van der Waals surface area contributed by atoms with Gasteiger partial charge in [0.2, 0.25) is 5.76 Å². The third-order valence-corrected chi connectivity index (χ3v) is 1.78. The lowest BCUT2D eigenvalue weighted by atomic mass is 10.0. The van der Waals surface area contributed by atoms with E-state index in [9.17, 15) is 0 Å². The fourth-order valence-corrected chi connectivity index (χ4v) is 0.921. The molecule has 0 bridgehead atoms. The number of furan rings is 1. The monoisotopic (exact) mass is 164 g/mol. The summed E-state index contributed by atoms with van der Waals surface area (Å²) in [7, 11) is 0. The van der Waals surface area contributed by atoms with Crippen molar-refractivity contribution in [2.24, 2.45) is 11.7 Å². The van der Waals surface area contributed by atoms with E-state index in [0.717, 1.165) is 0 Å². The zero-order chi connectivity index (χ0) is 9.14. The predicted molar refractivity (Wildman–Crippen MR) is 45.2 cm³/mol. The van der Waals surface area contributed by atoms with E-state index in [4.69, 9.17) is 15.4 Å². The summed E-state index contributed by atoms with van der Waals surface area (Å²) in [5, 5.41) is 8.49. The smallest absolute Gasteiger partial charge is 0.203 e. The molecule has 1 heterocycles. The Bertz CT molecular complexity index is 296. The van der Waals surface area contributed by atoms with Gasteiger partial charge in [0.05, 0.1) is 6.04 Å². The summed E-state index contributed by atoms with van der Waals surface area (Å²) in [5.41, 5.74) is 5.80. The average molecular weight is 164 g/mol. The Hall–Kier alpha value is -1.27. The third kappa shape index (κ3) is 1.66. The fraction of sp³-hybridized carbons (Fsp3) is 0.444. The summed E-state index contributed by atoms with van der Waals surface area (Å²) >= 11 is 0. The molecule has 64 valence electrons. The minimum Gasteiger partial charge on any atom is -0.449 e. The van der Waals surface area contributed by atoms with Crippen molar-refractivity contribution in [2.75, 3.05) is 0 Å². The van der Waals surface area contributed by atoms with Crippen LogP contribution in [0.25, 0.3) is 0 Å². The van der Waals surface area contributed by atoms with Crippen LogP contribution in [-0.4, -0.2) is 0 Å². The molecule has 0 aliphatic heterocycles. The van der Waals surface area contributed by atoms with Gasteiger partial charge in [-0.15, -0.1) is 0 Å². The second-order valence-corrected chi connectivity index (χ2v) is 3.08. The molecular weight excluding hydrogens is 152 g/mol. The van der Waals surface area contributed by atoms with Gasteiger partial charge in [-0.1, -0.05) is 13.8 Å². The lowest BCUT2D eigenvalue weighted by molar-refractivity contribution is 0.398. The van der Waals surface area contributed by atoms with Crippen molar-refractivity contribution in [3.8, 4) is 6.07 Å². The van der Waals surface area contributed by atoms with Crippen LogP contribution in [0.4, 0.5) is 0 Å². The lowest BCUT2D eigenvalue weighted by Crippen LogP contribution is -2.15. The average Bonchev–Trinajstić information content (AvgIpc) is 2.50. The third-order valence-electron chi connectivity index (χ3n) is 1.78. The number of nitrogens with zero attached hydrogens (tertiary/aromatic N) is 1. The Morgan fingerprint density at radius 2 is 2.17 bits per heavy atom. The van der Waals surface area contributed by atoms with E-state index < -0.39 is 0 Å². The highest BCUT2D eigenvalue weighted by Gasteiger charge is 2.14. The summed E-state index contributed by atoms with van der Waals surface area (Å²) in [6, 6.07) is 5.19.